The standard InChI is InChI=1S/C15H12FIO2/c1-9-7-10(16)3-5-12(9)15(18)13-8-11(17)4-6-14(13)19-2/h3-8H,1-2H3. The first-order chi connectivity index (χ1) is 9.02. The quantitative estimate of drug-likeness (QED) is 0.604. The third-order valence-electron chi connectivity index (χ3n) is 2.84. The lowest BCUT2D eigenvalue weighted by Crippen LogP contribution is -2.06. The molecule has 0 saturated heterocycles. The van der Waals surface area contributed by atoms with Gasteiger partial charge in [0, 0.05) is 9.13 Å². The smallest absolute Gasteiger partial charge is 0.197 e. The Balaban J connectivity index is 2.52. The molecule has 19 heavy (non-hydrogen) atoms. The lowest BCUT2D eigenvalue weighted by atomic mass is 9.98. The lowest BCUT2D eigenvalue weighted by molar-refractivity contribution is 0.103. The first-order valence-electron chi connectivity index (χ1n) is 5.67. The van der Waals surface area contributed by atoms with Gasteiger partial charge in [-0.05, 0) is 71.5 Å². The molecule has 0 bridgehead atoms. The highest BCUT2D eigenvalue weighted by Crippen LogP contribution is 2.25. The molecular weight excluding hydrogens is 358 g/mol. The number of methoxy groups -OCH3 is 1. The van der Waals surface area contributed by atoms with Crippen LogP contribution in [0.2, 0.25) is 0 Å². The molecule has 2 rings (SSSR count). The number of benzene rings is 2. The normalized spacial score (nSPS) is 10.3. The summed E-state index contributed by atoms with van der Waals surface area (Å²) in [5.74, 6) is 0.0191. The molecule has 0 spiro atoms. The van der Waals surface area contributed by atoms with Crippen molar-refractivity contribution in [2.24, 2.45) is 0 Å². The number of ether oxygens (including phenoxy) is 1. The fraction of sp³-hybridized carbons (Fsp3) is 0.133. The molecule has 98 valence electrons. The van der Waals surface area contributed by atoms with E-state index >= 15 is 0 Å². The van der Waals surface area contributed by atoms with Gasteiger partial charge in [0.15, 0.2) is 5.78 Å². The molecule has 0 fully saturated rings. The van der Waals surface area contributed by atoms with Crippen LogP contribution in [-0.4, -0.2) is 12.9 Å². The van der Waals surface area contributed by atoms with Gasteiger partial charge in [-0.2, -0.15) is 0 Å². The molecular formula is C15H12FIO2. The fourth-order valence-corrected chi connectivity index (χ4v) is 2.38. The molecule has 2 aromatic rings. The van der Waals surface area contributed by atoms with E-state index in [1.807, 2.05) is 6.07 Å². The summed E-state index contributed by atoms with van der Waals surface area (Å²) in [5, 5.41) is 0. The number of carbonyl (C=O) groups is 1. The second kappa shape index (κ2) is 5.69. The molecule has 0 aromatic heterocycles. The summed E-state index contributed by atoms with van der Waals surface area (Å²) in [6, 6.07) is 9.55. The molecule has 0 radical (unpaired) electrons. The maximum atomic E-state index is 13.1. The highest BCUT2D eigenvalue weighted by atomic mass is 127. The number of rotatable bonds is 3. The molecule has 2 nitrogen and oxygen atoms in total. The summed E-state index contributed by atoms with van der Waals surface area (Å²) >= 11 is 2.14. The number of halogens is 2. The third-order valence-corrected chi connectivity index (χ3v) is 3.51. The maximum absolute atomic E-state index is 13.1. The van der Waals surface area contributed by atoms with Crippen molar-refractivity contribution in [3.8, 4) is 5.75 Å². The first-order valence-corrected chi connectivity index (χ1v) is 6.75. The molecule has 0 N–H and O–H groups in total. The molecule has 0 saturated carbocycles. The third kappa shape index (κ3) is 2.94. The number of aryl methyl sites for hydroxylation is 1. The van der Waals surface area contributed by atoms with Crippen molar-refractivity contribution in [1.82, 2.24) is 0 Å². The van der Waals surface area contributed by atoms with Crippen LogP contribution in [0.4, 0.5) is 4.39 Å². The van der Waals surface area contributed by atoms with Crippen LogP contribution in [0.1, 0.15) is 21.5 Å². The van der Waals surface area contributed by atoms with E-state index < -0.39 is 0 Å². The summed E-state index contributed by atoms with van der Waals surface area (Å²) in [6.07, 6.45) is 0. The van der Waals surface area contributed by atoms with E-state index in [1.165, 1.54) is 25.3 Å². The maximum Gasteiger partial charge on any atom is 0.197 e. The zero-order valence-corrected chi connectivity index (χ0v) is 12.7. The van der Waals surface area contributed by atoms with Crippen LogP contribution in [0.3, 0.4) is 0 Å². The predicted molar refractivity (Wildman–Crippen MR) is 80.3 cm³/mol. The number of hydrogen-bond donors (Lipinski definition) is 0. The highest BCUT2D eigenvalue weighted by Gasteiger charge is 2.17. The van der Waals surface area contributed by atoms with E-state index in [1.54, 1.807) is 19.1 Å². The van der Waals surface area contributed by atoms with Crippen molar-refractivity contribution >= 4 is 28.4 Å². The van der Waals surface area contributed by atoms with Crippen molar-refractivity contribution in [2.75, 3.05) is 7.11 Å². The molecule has 4 heteroatoms. The lowest BCUT2D eigenvalue weighted by Gasteiger charge is -2.10. The van der Waals surface area contributed by atoms with Crippen LogP contribution < -0.4 is 4.74 Å². The van der Waals surface area contributed by atoms with E-state index in [-0.39, 0.29) is 11.6 Å². The van der Waals surface area contributed by atoms with Crippen LogP contribution in [0.15, 0.2) is 36.4 Å². The van der Waals surface area contributed by atoms with Crippen molar-refractivity contribution in [2.45, 2.75) is 6.92 Å². The van der Waals surface area contributed by atoms with E-state index in [2.05, 4.69) is 22.6 Å². The van der Waals surface area contributed by atoms with Gasteiger partial charge in [0.05, 0.1) is 12.7 Å². The van der Waals surface area contributed by atoms with Crippen molar-refractivity contribution in [1.29, 1.82) is 0 Å². The van der Waals surface area contributed by atoms with Crippen LogP contribution in [0.5, 0.6) is 5.75 Å². The summed E-state index contributed by atoms with van der Waals surface area (Å²) in [7, 11) is 1.52. The first kappa shape index (κ1) is 14.0. The number of carbonyl (C=O) groups excluding carboxylic acids is 1. The van der Waals surface area contributed by atoms with E-state index in [0.717, 1.165) is 3.57 Å². The molecule has 2 aromatic carbocycles. The minimum atomic E-state index is -0.344. The van der Waals surface area contributed by atoms with E-state index in [9.17, 15) is 9.18 Å². The van der Waals surface area contributed by atoms with Crippen LogP contribution in [0.25, 0.3) is 0 Å². The van der Waals surface area contributed by atoms with Gasteiger partial charge in [-0.15, -0.1) is 0 Å². The highest BCUT2D eigenvalue weighted by molar-refractivity contribution is 14.1. The van der Waals surface area contributed by atoms with Gasteiger partial charge in [-0.1, -0.05) is 0 Å². The zero-order chi connectivity index (χ0) is 14.0. The summed E-state index contributed by atoms with van der Waals surface area (Å²) in [6.45, 7) is 1.72. The Morgan fingerprint density at radius 1 is 1.16 bits per heavy atom. The van der Waals surface area contributed by atoms with Crippen molar-refractivity contribution in [3.05, 3.63) is 62.5 Å². The van der Waals surface area contributed by atoms with Gasteiger partial charge < -0.3 is 4.74 Å². The Morgan fingerprint density at radius 2 is 1.89 bits per heavy atom. The second-order valence-electron chi connectivity index (χ2n) is 4.13. The van der Waals surface area contributed by atoms with Gasteiger partial charge in [0.2, 0.25) is 0 Å². The zero-order valence-electron chi connectivity index (χ0n) is 10.5. The second-order valence-corrected chi connectivity index (χ2v) is 5.38. The average Bonchev–Trinajstić information content (AvgIpc) is 2.38. The summed E-state index contributed by atoms with van der Waals surface area (Å²) in [4.78, 5) is 12.5. The largest absolute Gasteiger partial charge is 0.496 e. The van der Waals surface area contributed by atoms with Gasteiger partial charge in [0.25, 0.3) is 0 Å². The monoisotopic (exact) mass is 370 g/mol. The Labute approximate surface area is 124 Å². The topological polar surface area (TPSA) is 26.3 Å². The van der Waals surface area contributed by atoms with Crippen molar-refractivity contribution in [3.63, 3.8) is 0 Å². The Kier molecular flexibility index (Phi) is 4.19. The molecule has 0 heterocycles. The molecule has 0 amide bonds. The molecule has 0 aliphatic heterocycles. The summed E-state index contributed by atoms with van der Waals surface area (Å²) < 4.78 is 19.2. The molecule has 0 unspecified atom stereocenters. The summed E-state index contributed by atoms with van der Waals surface area (Å²) in [5.41, 5.74) is 1.59. The van der Waals surface area contributed by atoms with Gasteiger partial charge in [0.1, 0.15) is 11.6 Å². The number of hydrogen-bond acceptors (Lipinski definition) is 2. The molecule has 0 aliphatic carbocycles. The average molecular weight is 370 g/mol. The van der Waals surface area contributed by atoms with E-state index in [4.69, 9.17) is 4.74 Å². The van der Waals surface area contributed by atoms with Gasteiger partial charge in [-0.3, -0.25) is 4.79 Å². The van der Waals surface area contributed by atoms with Crippen molar-refractivity contribution < 1.29 is 13.9 Å². The Hall–Kier alpha value is -1.43. The van der Waals surface area contributed by atoms with E-state index in [0.29, 0.717) is 22.4 Å². The van der Waals surface area contributed by atoms with Crippen LogP contribution in [-0.2, 0) is 0 Å². The van der Waals surface area contributed by atoms with Gasteiger partial charge >= 0.3 is 0 Å². The Bertz CT molecular complexity index is 638. The minimum absolute atomic E-state index is 0.159. The molecule has 0 aliphatic rings. The number of ketones is 1. The fourth-order valence-electron chi connectivity index (χ4n) is 1.88. The Morgan fingerprint density at radius 3 is 2.53 bits per heavy atom. The van der Waals surface area contributed by atoms with Gasteiger partial charge in [-0.25, -0.2) is 4.39 Å². The SMILES string of the molecule is COc1ccc(I)cc1C(=O)c1ccc(F)cc1C. The minimum Gasteiger partial charge on any atom is -0.496 e. The predicted octanol–water partition coefficient (Wildman–Crippen LogP) is 3.98. The van der Waals surface area contributed by atoms with Crippen LogP contribution >= 0.6 is 22.6 Å². The van der Waals surface area contributed by atoms with Crippen LogP contribution in [0, 0.1) is 16.3 Å². The molecule has 0 atom stereocenters.